The fourth-order valence-corrected chi connectivity index (χ4v) is 2.11. The van der Waals surface area contributed by atoms with Crippen LogP contribution in [0.25, 0.3) is 0 Å². The van der Waals surface area contributed by atoms with Crippen LogP contribution in [0.1, 0.15) is 37.8 Å². The van der Waals surface area contributed by atoms with Gasteiger partial charge < -0.3 is 10.6 Å². The first-order chi connectivity index (χ1) is 8.61. The normalized spacial score (nSPS) is 16.4. The maximum atomic E-state index is 12.1. The van der Waals surface area contributed by atoms with E-state index in [1.165, 1.54) is 11.1 Å². The van der Waals surface area contributed by atoms with E-state index in [1.54, 1.807) is 6.92 Å². The number of nitrogens with two attached hydrogens (primary N) is 1. The fourth-order valence-electron chi connectivity index (χ4n) is 2.11. The number of hydrogen-bond donors (Lipinski definition) is 1. The van der Waals surface area contributed by atoms with Gasteiger partial charge in [-0.05, 0) is 37.3 Å². The van der Waals surface area contributed by atoms with Crippen molar-refractivity contribution >= 4 is 5.91 Å². The molecule has 1 atom stereocenters. The molecule has 2 rings (SSSR count). The van der Waals surface area contributed by atoms with Crippen molar-refractivity contribution in [1.29, 1.82) is 0 Å². The minimum atomic E-state index is -0.402. The molecule has 0 spiro atoms. The third-order valence-corrected chi connectivity index (χ3v) is 3.44. The van der Waals surface area contributed by atoms with Crippen LogP contribution in [-0.2, 0) is 17.8 Å². The summed E-state index contributed by atoms with van der Waals surface area (Å²) in [6.45, 7) is 4.60. The molecule has 3 nitrogen and oxygen atoms in total. The van der Waals surface area contributed by atoms with E-state index < -0.39 is 6.04 Å². The van der Waals surface area contributed by atoms with Crippen molar-refractivity contribution in [2.75, 3.05) is 0 Å². The Morgan fingerprint density at radius 2 is 1.89 bits per heavy atom. The second-order valence-electron chi connectivity index (χ2n) is 5.16. The van der Waals surface area contributed by atoms with E-state index >= 15 is 0 Å². The van der Waals surface area contributed by atoms with Gasteiger partial charge in [-0.1, -0.05) is 31.2 Å². The summed E-state index contributed by atoms with van der Waals surface area (Å²) in [5.41, 5.74) is 8.23. The zero-order valence-electron chi connectivity index (χ0n) is 11.2. The Balaban J connectivity index is 2.06. The Kier molecular flexibility index (Phi) is 4.02. The van der Waals surface area contributed by atoms with Crippen molar-refractivity contribution in [3.63, 3.8) is 0 Å². The molecule has 98 valence electrons. The smallest absolute Gasteiger partial charge is 0.239 e. The molecule has 1 amide bonds. The van der Waals surface area contributed by atoms with Crippen LogP contribution in [0.3, 0.4) is 0 Å². The van der Waals surface area contributed by atoms with Crippen molar-refractivity contribution in [3.05, 3.63) is 35.4 Å². The first kappa shape index (κ1) is 13.1. The predicted molar refractivity (Wildman–Crippen MR) is 73.0 cm³/mol. The molecule has 0 heterocycles. The van der Waals surface area contributed by atoms with Gasteiger partial charge >= 0.3 is 0 Å². The molecule has 3 heteroatoms. The number of rotatable bonds is 5. The summed E-state index contributed by atoms with van der Waals surface area (Å²) in [5, 5.41) is 0. The van der Waals surface area contributed by atoms with Gasteiger partial charge in [0.2, 0.25) is 5.91 Å². The van der Waals surface area contributed by atoms with E-state index in [2.05, 4.69) is 31.2 Å². The van der Waals surface area contributed by atoms with Crippen LogP contribution < -0.4 is 5.73 Å². The molecule has 1 aromatic rings. The quantitative estimate of drug-likeness (QED) is 0.864. The number of hydrogen-bond acceptors (Lipinski definition) is 2. The second kappa shape index (κ2) is 5.53. The molecule has 0 bridgehead atoms. The minimum absolute atomic E-state index is 0.0667. The standard InChI is InChI=1S/C15H22N2O/c1-3-12-4-6-13(7-5-12)10-17(14-8-9-14)15(18)11(2)16/h4-7,11,14H,3,8-10,16H2,1-2H3/t11-/m0/s1. The van der Waals surface area contributed by atoms with Gasteiger partial charge in [-0.2, -0.15) is 0 Å². The van der Waals surface area contributed by atoms with E-state index in [0.29, 0.717) is 12.6 Å². The Hall–Kier alpha value is -1.35. The van der Waals surface area contributed by atoms with Gasteiger partial charge in [-0.3, -0.25) is 4.79 Å². The van der Waals surface area contributed by atoms with Crippen molar-refractivity contribution in [1.82, 2.24) is 4.90 Å². The largest absolute Gasteiger partial charge is 0.334 e. The number of nitrogens with zero attached hydrogens (tertiary/aromatic N) is 1. The topological polar surface area (TPSA) is 46.3 Å². The van der Waals surface area contributed by atoms with E-state index in [4.69, 9.17) is 5.73 Å². The highest BCUT2D eigenvalue weighted by molar-refractivity contribution is 5.81. The second-order valence-corrected chi connectivity index (χ2v) is 5.16. The number of aryl methyl sites for hydroxylation is 1. The molecular formula is C15H22N2O. The van der Waals surface area contributed by atoms with E-state index in [9.17, 15) is 4.79 Å². The lowest BCUT2D eigenvalue weighted by Crippen LogP contribution is -2.42. The van der Waals surface area contributed by atoms with Crippen LogP contribution in [-0.4, -0.2) is 22.9 Å². The molecule has 2 N–H and O–H groups in total. The molecule has 0 aliphatic heterocycles. The average molecular weight is 246 g/mol. The summed E-state index contributed by atoms with van der Waals surface area (Å²) < 4.78 is 0. The molecule has 1 saturated carbocycles. The Morgan fingerprint density at radius 1 is 1.33 bits per heavy atom. The van der Waals surface area contributed by atoms with E-state index in [-0.39, 0.29) is 5.91 Å². The third-order valence-electron chi connectivity index (χ3n) is 3.44. The zero-order valence-corrected chi connectivity index (χ0v) is 11.2. The van der Waals surface area contributed by atoms with Crippen molar-refractivity contribution in [2.24, 2.45) is 5.73 Å². The molecule has 0 radical (unpaired) electrons. The van der Waals surface area contributed by atoms with Gasteiger partial charge in [0.05, 0.1) is 6.04 Å². The Bertz CT molecular complexity index is 407. The molecule has 0 aromatic heterocycles. The summed E-state index contributed by atoms with van der Waals surface area (Å²) in [6, 6.07) is 8.51. The number of amides is 1. The summed E-state index contributed by atoms with van der Waals surface area (Å²) in [6.07, 6.45) is 3.28. The molecule has 1 aliphatic carbocycles. The van der Waals surface area contributed by atoms with Crippen LogP contribution >= 0.6 is 0 Å². The van der Waals surface area contributed by atoms with Gasteiger partial charge in [0.25, 0.3) is 0 Å². The summed E-state index contributed by atoms with van der Waals surface area (Å²) in [5.74, 6) is 0.0667. The van der Waals surface area contributed by atoms with Gasteiger partial charge in [-0.25, -0.2) is 0 Å². The highest BCUT2D eigenvalue weighted by Gasteiger charge is 2.33. The number of carbonyl (C=O) groups is 1. The lowest BCUT2D eigenvalue weighted by atomic mass is 10.1. The highest BCUT2D eigenvalue weighted by Crippen LogP contribution is 2.28. The highest BCUT2D eigenvalue weighted by atomic mass is 16.2. The van der Waals surface area contributed by atoms with Crippen LogP contribution in [0.4, 0.5) is 0 Å². The molecule has 1 aliphatic rings. The first-order valence-electron chi connectivity index (χ1n) is 6.75. The van der Waals surface area contributed by atoms with Gasteiger partial charge in [0.1, 0.15) is 0 Å². The molecule has 18 heavy (non-hydrogen) atoms. The van der Waals surface area contributed by atoms with Gasteiger partial charge in [0, 0.05) is 12.6 Å². The minimum Gasteiger partial charge on any atom is -0.334 e. The van der Waals surface area contributed by atoms with E-state index in [1.807, 2.05) is 4.90 Å². The molecule has 1 fully saturated rings. The molecule has 0 saturated heterocycles. The lowest BCUT2D eigenvalue weighted by Gasteiger charge is -2.24. The SMILES string of the molecule is CCc1ccc(CN(C(=O)[C@H](C)N)C2CC2)cc1. The monoisotopic (exact) mass is 246 g/mol. The van der Waals surface area contributed by atoms with Crippen LogP contribution in [0.2, 0.25) is 0 Å². The summed E-state index contributed by atoms with van der Waals surface area (Å²) in [7, 11) is 0. The van der Waals surface area contributed by atoms with Gasteiger partial charge in [0.15, 0.2) is 0 Å². The zero-order chi connectivity index (χ0) is 13.1. The van der Waals surface area contributed by atoms with Crippen LogP contribution in [0.15, 0.2) is 24.3 Å². The first-order valence-corrected chi connectivity index (χ1v) is 6.75. The lowest BCUT2D eigenvalue weighted by molar-refractivity contribution is -0.133. The van der Waals surface area contributed by atoms with E-state index in [0.717, 1.165) is 19.3 Å². The van der Waals surface area contributed by atoms with Crippen LogP contribution in [0.5, 0.6) is 0 Å². The maximum Gasteiger partial charge on any atom is 0.239 e. The molecular weight excluding hydrogens is 224 g/mol. The number of benzene rings is 1. The Morgan fingerprint density at radius 3 is 2.33 bits per heavy atom. The van der Waals surface area contributed by atoms with Crippen molar-refractivity contribution in [2.45, 2.75) is 51.7 Å². The average Bonchev–Trinajstić information content (AvgIpc) is 3.20. The predicted octanol–water partition coefficient (Wildman–Crippen LogP) is 2.09. The van der Waals surface area contributed by atoms with Gasteiger partial charge in [-0.15, -0.1) is 0 Å². The maximum absolute atomic E-state index is 12.1. The Labute approximate surface area is 109 Å². The third kappa shape index (κ3) is 3.10. The van der Waals surface area contributed by atoms with Crippen LogP contribution in [0, 0.1) is 0 Å². The number of carbonyl (C=O) groups excluding carboxylic acids is 1. The van der Waals surface area contributed by atoms with Crippen molar-refractivity contribution < 1.29 is 4.79 Å². The molecule has 0 unspecified atom stereocenters. The summed E-state index contributed by atoms with van der Waals surface area (Å²) >= 11 is 0. The fraction of sp³-hybridized carbons (Fsp3) is 0.533. The molecule has 1 aromatic carbocycles. The summed E-state index contributed by atoms with van der Waals surface area (Å²) in [4.78, 5) is 14.0. The van der Waals surface area contributed by atoms with Crippen molar-refractivity contribution in [3.8, 4) is 0 Å².